The third kappa shape index (κ3) is 4.08. The number of hydrogen-bond acceptors (Lipinski definition) is 3. The number of ketones is 1. The van der Waals surface area contributed by atoms with E-state index in [2.05, 4.69) is 10.6 Å². The first kappa shape index (κ1) is 11.1. The Bertz CT molecular complexity index is 166. The molecule has 0 aromatic heterocycles. The Morgan fingerprint density at radius 1 is 1.50 bits per heavy atom. The first-order chi connectivity index (χ1) is 5.50. The monoisotopic (exact) mass is 171 g/mol. The minimum atomic E-state index is -0.370. The quantitative estimate of drug-likeness (QED) is 0.252. The molecule has 0 aliphatic rings. The van der Waals surface area contributed by atoms with E-state index in [0.29, 0.717) is 13.2 Å². The molecule has 0 aromatic carbocycles. The molecule has 0 heterocycles. The summed E-state index contributed by atoms with van der Waals surface area (Å²) in [4.78, 5) is 20.7. The zero-order valence-electron chi connectivity index (χ0n) is 7.73. The van der Waals surface area contributed by atoms with Crippen LogP contribution in [0.5, 0.6) is 0 Å². The molecule has 0 saturated carbocycles. The van der Waals surface area contributed by atoms with Crippen molar-refractivity contribution in [3.8, 4) is 0 Å². The Balaban J connectivity index is 3.61. The fraction of sp³-hybridized carbons (Fsp3) is 0.750. The molecule has 0 bridgehead atoms. The molecule has 0 spiro atoms. The first-order valence-corrected chi connectivity index (χ1v) is 3.82. The van der Waals surface area contributed by atoms with Crippen molar-refractivity contribution in [2.75, 3.05) is 13.2 Å². The van der Waals surface area contributed by atoms with E-state index >= 15 is 0 Å². The molecule has 0 radical (unpaired) electrons. The Morgan fingerprint density at radius 3 is 2.50 bits per heavy atom. The zero-order chi connectivity index (χ0) is 9.61. The Morgan fingerprint density at radius 2 is 2.08 bits per heavy atom. The highest BCUT2D eigenvalue weighted by atomic mass is 16.1. The maximum absolute atomic E-state index is 11.0. The summed E-state index contributed by atoms with van der Waals surface area (Å²) in [5.41, 5.74) is -0.370. The van der Waals surface area contributed by atoms with Gasteiger partial charge in [-0.2, -0.15) is 6.41 Å². The number of carbonyl (C=O) groups excluding carboxylic acids is 2. The minimum Gasteiger partial charge on any atom is -0.520 e. The molecule has 0 rings (SSSR count). The van der Waals surface area contributed by atoms with Gasteiger partial charge in [0.2, 0.25) is 0 Å². The molecule has 2 N–H and O–H groups in total. The van der Waals surface area contributed by atoms with Gasteiger partial charge in [0, 0.05) is 18.6 Å². The Kier molecular flexibility index (Phi) is 4.51. The van der Waals surface area contributed by atoms with Crippen LogP contribution >= 0.6 is 0 Å². The molecule has 0 fully saturated rings. The topological polar surface area (TPSA) is 58.2 Å². The maximum Gasteiger partial charge on any atom is 0.136 e. The number of Topliss-reactive ketones (excluding diaryl/α,β-unsaturated/α-hetero) is 1. The second-order valence-corrected chi connectivity index (χ2v) is 3.32. The number of nitrogens with one attached hydrogen (secondary N) is 2. The van der Waals surface area contributed by atoms with Gasteiger partial charge in [-0.1, -0.05) is 13.8 Å². The summed E-state index contributed by atoms with van der Waals surface area (Å²) >= 11 is 0. The predicted molar refractivity (Wildman–Crippen MR) is 46.2 cm³/mol. The van der Waals surface area contributed by atoms with Crippen molar-refractivity contribution in [1.29, 1.82) is 0 Å². The fourth-order valence-electron chi connectivity index (χ4n) is 0.598. The summed E-state index contributed by atoms with van der Waals surface area (Å²) in [6.45, 7) is 6.16. The second kappa shape index (κ2) is 4.87. The van der Waals surface area contributed by atoms with Gasteiger partial charge in [0.15, 0.2) is 0 Å². The van der Waals surface area contributed by atoms with E-state index in [1.54, 1.807) is 6.92 Å². The second-order valence-electron chi connectivity index (χ2n) is 3.32. The molecule has 0 aliphatic heterocycles. The van der Waals surface area contributed by atoms with E-state index in [0.717, 1.165) is 0 Å². The largest absolute Gasteiger partial charge is 0.520 e. The molecular weight excluding hydrogens is 156 g/mol. The van der Waals surface area contributed by atoms with Crippen LogP contribution in [0.15, 0.2) is 0 Å². The molecule has 1 amide bonds. The molecule has 12 heavy (non-hydrogen) atoms. The van der Waals surface area contributed by atoms with Crippen molar-refractivity contribution in [2.24, 2.45) is 5.41 Å². The lowest BCUT2D eigenvalue weighted by atomic mass is 9.89. The molecule has 0 unspecified atom stereocenters. The van der Waals surface area contributed by atoms with Crippen LogP contribution in [-0.4, -0.2) is 25.4 Å². The highest BCUT2D eigenvalue weighted by molar-refractivity contribution is 5.81. The van der Waals surface area contributed by atoms with E-state index < -0.39 is 0 Å². The van der Waals surface area contributed by atoms with Gasteiger partial charge in [0.05, 0.1) is 0 Å². The van der Waals surface area contributed by atoms with Crippen molar-refractivity contribution < 1.29 is 9.59 Å². The zero-order valence-corrected chi connectivity index (χ0v) is 7.73. The van der Waals surface area contributed by atoms with Crippen molar-refractivity contribution in [3.05, 3.63) is 0 Å². The fourth-order valence-corrected chi connectivity index (χ4v) is 0.598. The van der Waals surface area contributed by atoms with Crippen molar-refractivity contribution in [2.45, 2.75) is 20.8 Å². The number of amides is 1. The summed E-state index contributed by atoms with van der Waals surface area (Å²) in [6.07, 6.45) is 1.54. The van der Waals surface area contributed by atoms with Gasteiger partial charge < -0.3 is 15.4 Å². The summed E-state index contributed by atoms with van der Waals surface area (Å²) in [7, 11) is 0. The highest BCUT2D eigenvalue weighted by Crippen LogP contribution is 2.13. The van der Waals surface area contributed by atoms with E-state index in [1.165, 1.54) is 6.41 Å². The van der Waals surface area contributed by atoms with Crippen LogP contribution < -0.4 is 10.6 Å². The van der Waals surface area contributed by atoms with Crippen molar-refractivity contribution in [3.63, 3.8) is 0 Å². The van der Waals surface area contributed by atoms with Crippen LogP contribution in [0.4, 0.5) is 0 Å². The van der Waals surface area contributed by atoms with Gasteiger partial charge in [0.1, 0.15) is 5.78 Å². The average Bonchev–Trinajstić information content (AvgIpc) is 1.98. The van der Waals surface area contributed by atoms with Gasteiger partial charge in [0.25, 0.3) is 0 Å². The molecule has 4 nitrogen and oxygen atoms in total. The van der Waals surface area contributed by atoms with E-state index in [-0.39, 0.29) is 11.2 Å². The third-order valence-electron chi connectivity index (χ3n) is 1.81. The number of rotatable bonds is 6. The van der Waals surface area contributed by atoms with Crippen LogP contribution in [0.3, 0.4) is 0 Å². The van der Waals surface area contributed by atoms with E-state index in [1.807, 2.05) is 13.8 Å². The van der Waals surface area contributed by atoms with Crippen LogP contribution in [-0.2, 0) is 9.59 Å². The molecule has 4 heteroatoms. The van der Waals surface area contributed by atoms with Gasteiger partial charge in [-0.25, -0.2) is 0 Å². The summed E-state index contributed by atoms with van der Waals surface area (Å²) in [5, 5.41) is 5.25. The van der Waals surface area contributed by atoms with E-state index in [4.69, 9.17) is 0 Å². The predicted octanol–water partition coefficient (Wildman–Crippen LogP) is -0.194. The van der Waals surface area contributed by atoms with Crippen LogP contribution in [0.2, 0.25) is 0 Å². The summed E-state index contributed by atoms with van der Waals surface area (Å²) < 4.78 is 0. The summed E-state index contributed by atoms with van der Waals surface area (Å²) in [6, 6.07) is 0. The molecular formula is C8H15N2O2-. The van der Waals surface area contributed by atoms with Crippen LogP contribution in [0, 0.1) is 5.41 Å². The average molecular weight is 171 g/mol. The Labute approximate surface area is 72.7 Å². The lowest BCUT2D eigenvalue weighted by Gasteiger charge is -2.22. The van der Waals surface area contributed by atoms with Crippen molar-refractivity contribution >= 4 is 12.2 Å². The van der Waals surface area contributed by atoms with Gasteiger partial charge in [-0.05, 0) is 6.92 Å². The first-order valence-electron chi connectivity index (χ1n) is 3.82. The third-order valence-corrected chi connectivity index (χ3v) is 1.81. The minimum absolute atomic E-state index is 0.130. The van der Waals surface area contributed by atoms with Crippen LogP contribution in [0.1, 0.15) is 20.8 Å². The molecule has 0 aromatic rings. The number of hydrogen-bond donors (Lipinski definition) is 2. The van der Waals surface area contributed by atoms with Crippen molar-refractivity contribution in [1.82, 2.24) is 10.6 Å². The molecule has 70 valence electrons. The van der Waals surface area contributed by atoms with Gasteiger partial charge >= 0.3 is 0 Å². The molecule has 0 saturated heterocycles. The lowest BCUT2D eigenvalue weighted by molar-refractivity contribution is -0.124. The normalized spacial score (nSPS) is 10.9. The van der Waals surface area contributed by atoms with Crippen LogP contribution in [0.25, 0.3) is 0 Å². The smallest absolute Gasteiger partial charge is 0.136 e. The highest BCUT2D eigenvalue weighted by Gasteiger charge is 2.22. The Hall–Kier alpha value is -0.900. The van der Waals surface area contributed by atoms with E-state index in [9.17, 15) is 9.59 Å². The van der Waals surface area contributed by atoms with Gasteiger partial charge in [-0.15, -0.1) is 0 Å². The molecule has 0 aliphatic carbocycles. The SMILES string of the molecule is CC(=O)C(C)(C)CNCN[C-]=O. The standard InChI is InChI=1S/C8H15N2O2/c1-7(12)8(2,3)4-9-5-10-6-11/h9H,4-5H2,1-3H3,(H,10,11)/q-1. The van der Waals surface area contributed by atoms with Gasteiger partial charge in [-0.3, -0.25) is 4.79 Å². The summed E-state index contributed by atoms with van der Waals surface area (Å²) in [5.74, 6) is 0.130. The lowest BCUT2D eigenvalue weighted by Crippen LogP contribution is -2.38. The number of carbonyl (C=O) groups is 1. The maximum atomic E-state index is 11.0. The molecule has 0 atom stereocenters.